The summed E-state index contributed by atoms with van der Waals surface area (Å²) in [6.45, 7) is 11.1. The lowest BCUT2D eigenvalue weighted by atomic mass is 9.68. The maximum atomic E-state index is 10.8. The van der Waals surface area contributed by atoms with E-state index in [4.69, 9.17) is 9.47 Å². The zero-order chi connectivity index (χ0) is 21.8. The fourth-order valence-electron chi connectivity index (χ4n) is 5.01. The molecule has 1 fully saturated rings. The van der Waals surface area contributed by atoms with Crippen LogP contribution in [0.5, 0.6) is 11.5 Å². The number of aromatic hydroxyl groups is 1. The molecule has 164 valence electrons. The molecule has 3 rings (SSSR count). The van der Waals surface area contributed by atoms with E-state index < -0.39 is 42.7 Å². The van der Waals surface area contributed by atoms with Crippen molar-refractivity contribution in [1.82, 2.24) is 0 Å². The van der Waals surface area contributed by atoms with Crippen LogP contribution in [0, 0.1) is 32.6 Å². The molecular formula is C22H34O7. The Morgan fingerprint density at radius 2 is 1.62 bits per heavy atom. The molecule has 0 spiro atoms. The van der Waals surface area contributed by atoms with E-state index in [-0.39, 0.29) is 17.6 Å². The number of aliphatic hydroxyl groups excluding tert-OH is 4. The fourth-order valence-corrected chi connectivity index (χ4v) is 5.01. The van der Waals surface area contributed by atoms with Gasteiger partial charge in [0.25, 0.3) is 0 Å². The molecular weight excluding hydrogens is 376 g/mol. The van der Waals surface area contributed by atoms with E-state index in [1.165, 1.54) is 0 Å². The summed E-state index contributed by atoms with van der Waals surface area (Å²) in [4.78, 5) is 0. The fraction of sp³-hybridized carbons (Fsp3) is 0.727. The summed E-state index contributed by atoms with van der Waals surface area (Å²) in [6.07, 6.45) is -5.57. The Morgan fingerprint density at radius 3 is 2.17 bits per heavy atom. The molecule has 0 aromatic heterocycles. The summed E-state index contributed by atoms with van der Waals surface area (Å²) >= 11 is 0. The number of fused-ring (bicyclic) bond motifs is 1. The highest BCUT2D eigenvalue weighted by molar-refractivity contribution is 5.58. The first-order valence-corrected chi connectivity index (χ1v) is 10.3. The van der Waals surface area contributed by atoms with Crippen LogP contribution in [0.2, 0.25) is 0 Å². The minimum atomic E-state index is -1.45. The number of phenols is 1. The molecule has 7 nitrogen and oxygen atoms in total. The zero-order valence-corrected chi connectivity index (χ0v) is 18.0. The molecule has 1 aromatic carbocycles. The van der Waals surface area contributed by atoms with Crippen LogP contribution < -0.4 is 4.74 Å². The Kier molecular flexibility index (Phi) is 5.93. The molecule has 7 atom stereocenters. The second-order valence-electron chi connectivity index (χ2n) is 9.12. The van der Waals surface area contributed by atoms with E-state index in [1.807, 2.05) is 27.7 Å². The molecule has 2 heterocycles. The highest BCUT2D eigenvalue weighted by Crippen LogP contribution is 2.50. The van der Waals surface area contributed by atoms with Gasteiger partial charge in [-0.2, -0.15) is 0 Å². The van der Waals surface area contributed by atoms with Gasteiger partial charge in [0.15, 0.2) is 0 Å². The van der Waals surface area contributed by atoms with E-state index >= 15 is 0 Å². The lowest BCUT2D eigenvalue weighted by Crippen LogP contribution is -2.69. The van der Waals surface area contributed by atoms with Gasteiger partial charge in [-0.25, -0.2) is 0 Å². The van der Waals surface area contributed by atoms with Crippen molar-refractivity contribution in [3.05, 3.63) is 22.3 Å². The van der Waals surface area contributed by atoms with Crippen molar-refractivity contribution >= 4 is 0 Å². The van der Waals surface area contributed by atoms with Crippen molar-refractivity contribution in [2.75, 3.05) is 6.61 Å². The summed E-state index contributed by atoms with van der Waals surface area (Å²) < 4.78 is 12.5. The second-order valence-corrected chi connectivity index (χ2v) is 9.12. The van der Waals surface area contributed by atoms with Crippen LogP contribution in [0.15, 0.2) is 0 Å². The average molecular weight is 411 g/mol. The summed E-state index contributed by atoms with van der Waals surface area (Å²) in [6, 6.07) is 0. The van der Waals surface area contributed by atoms with Crippen molar-refractivity contribution in [2.45, 2.75) is 84.1 Å². The number of rotatable bonds is 3. The minimum Gasteiger partial charge on any atom is -0.507 e. The Hall–Kier alpha value is -1.38. The first-order valence-electron chi connectivity index (χ1n) is 10.3. The number of hydrogen-bond acceptors (Lipinski definition) is 7. The van der Waals surface area contributed by atoms with Gasteiger partial charge in [-0.15, -0.1) is 0 Å². The van der Waals surface area contributed by atoms with Crippen LogP contribution in [-0.4, -0.2) is 68.3 Å². The third-order valence-electron chi connectivity index (χ3n) is 7.08. The highest BCUT2D eigenvalue weighted by Gasteiger charge is 2.57. The van der Waals surface area contributed by atoms with Gasteiger partial charge in [-0.05, 0) is 56.7 Å². The molecule has 5 N–H and O–H groups in total. The van der Waals surface area contributed by atoms with Crippen LogP contribution in [0.3, 0.4) is 0 Å². The van der Waals surface area contributed by atoms with Gasteiger partial charge >= 0.3 is 0 Å². The summed E-state index contributed by atoms with van der Waals surface area (Å²) in [5.41, 5.74) is 2.26. The SMILES string of the molecule is Cc1c(C)c2c(c(C)c1O)CC(C(C)C)C(C)([C@@H]1O[C@H](CO)[C@@H](O)[C@H](O)[C@H]1O)O2. The largest absolute Gasteiger partial charge is 0.507 e. The molecule has 0 amide bonds. The lowest BCUT2D eigenvalue weighted by molar-refractivity contribution is -0.274. The normalized spacial score (nSPS) is 37.3. The monoisotopic (exact) mass is 410 g/mol. The molecule has 29 heavy (non-hydrogen) atoms. The smallest absolute Gasteiger partial charge is 0.138 e. The minimum absolute atomic E-state index is 0.100. The quantitative estimate of drug-likeness (QED) is 0.507. The maximum absolute atomic E-state index is 10.8. The molecule has 0 radical (unpaired) electrons. The summed E-state index contributed by atoms with van der Waals surface area (Å²) in [7, 11) is 0. The van der Waals surface area contributed by atoms with Gasteiger partial charge in [0.1, 0.15) is 47.6 Å². The molecule has 2 unspecified atom stereocenters. The summed E-state index contributed by atoms with van der Waals surface area (Å²) in [5.74, 6) is 0.971. The van der Waals surface area contributed by atoms with E-state index in [1.54, 1.807) is 0 Å². The molecule has 1 aromatic rings. The molecule has 2 aliphatic heterocycles. The highest BCUT2D eigenvalue weighted by atomic mass is 16.6. The van der Waals surface area contributed by atoms with Gasteiger partial charge in [-0.1, -0.05) is 13.8 Å². The Labute approximate surface area is 171 Å². The van der Waals surface area contributed by atoms with Crippen LogP contribution in [0.4, 0.5) is 0 Å². The van der Waals surface area contributed by atoms with E-state index in [0.717, 1.165) is 22.3 Å². The van der Waals surface area contributed by atoms with E-state index in [2.05, 4.69) is 13.8 Å². The third kappa shape index (κ3) is 3.33. The molecule has 0 aliphatic carbocycles. The lowest BCUT2D eigenvalue weighted by Gasteiger charge is -2.53. The van der Waals surface area contributed by atoms with Crippen molar-refractivity contribution in [3.8, 4) is 11.5 Å². The Balaban J connectivity index is 2.12. The average Bonchev–Trinajstić information content (AvgIpc) is 2.68. The number of hydrogen-bond donors (Lipinski definition) is 5. The Morgan fingerprint density at radius 1 is 1.00 bits per heavy atom. The Bertz CT molecular complexity index is 775. The van der Waals surface area contributed by atoms with Crippen molar-refractivity contribution < 1.29 is 35.0 Å². The van der Waals surface area contributed by atoms with Crippen molar-refractivity contribution in [3.63, 3.8) is 0 Å². The maximum Gasteiger partial charge on any atom is 0.138 e. The second kappa shape index (κ2) is 7.71. The van der Waals surface area contributed by atoms with Crippen LogP contribution >= 0.6 is 0 Å². The van der Waals surface area contributed by atoms with E-state index in [0.29, 0.717) is 12.2 Å². The number of benzene rings is 1. The van der Waals surface area contributed by atoms with E-state index in [9.17, 15) is 25.5 Å². The van der Waals surface area contributed by atoms with Crippen molar-refractivity contribution in [1.29, 1.82) is 0 Å². The first kappa shape index (κ1) is 22.3. The molecule has 0 bridgehead atoms. The summed E-state index contributed by atoms with van der Waals surface area (Å²) in [5, 5.41) is 51.4. The number of phenolic OH excluding ortho intramolecular Hbond substituents is 1. The van der Waals surface area contributed by atoms with Crippen molar-refractivity contribution in [2.24, 2.45) is 11.8 Å². The van der Waals surface area contributed by atoms with Crippen LogP contribution in [0.25, 0.3) is 0 Å². The standard InChI is InChI=1S/C22H34O7/c1-9(2)14-7-13-12(5)16(24)10(3)11(4)20(13)29-22(14,6)21-19(27)18(26)17(25)15(8-23)28-21/h9,14-15,17-19,21,23-27H,7-8H2,1-6H3/t14?,15-,17-,18+,19-,21-,22?/m1/s1. The number of ether oxygens (including phenoxy) is 2. The van der Waals surface area contributed by atoms with Crippen LogP contribution in [-0.2, 0) is 11.2 Å². The molecule has 1 saturated heterocycles. The third-order valence-corrected chi connectivity index (χ3v) is 7.08. The van der Waals surface area contributed by atoms with Gasteiger partial charge in [0.2, 0.25) is 0 Å². The van der Waals surface area contributed by atoms with Crippen LogP contribution in [0.1, 0.15) is 43.0 Å². The predicted molar refractivity (Wildman–Crippen MR) is 107 cm³/mol. The topological polar surface area (TPSA) is 120 Å². The van der Waals surface area contributed by atoms with Gasteiger partial charge in [0.05, 0.1) is 6.61 Å². The number of aliphatic hydroxyl groups is 4. The zero-order valence-electron chi connectivity index (χ0n) is 18.0. The molecule has 7 heteroatoms. The molecule has 2 aliphatic rings. The van der Waals surface area contributed by atoms with Gasteiger partial charge < -0.3 is 35.0 Å². The predicted octanol–water partition coefficient (Wildman–Crippen LogP) is 1.13. The first-order chi connectivity index (χ1) is 13.5. The molecule has 0 saturated carbocycles. The van der Waals surface area contributed by atoms with Gasteiger partial charge in [0, 0.05) is 11.5 Å². The van der Waals surface area contributed by atoms with Gasteiger partial charge in [-0.3, -0.25) is 0 Å².